The van der Waals surface area contributed by atoms with Crippen LogP contribution in [-0.2, 0) is 14.4 Å². The van der Waals surface area contributed by atoms with Crippen molar-refractivity contribution in [3.63, 3.8) is 0 Å². The smallest absolute Gasteiger partial charge is 0.481 e. The second kappa shape index (κ2) is 11.0. The molecule has 2 atom stereocenters. The van der Waals surface area contributed by atoms with Crippen LogP contribution in [0.4, 0.5) is 19.0 Å². The third-order valence-electron chi connectivity index (χ3n) is 5.89. The molecule has 0 radical (unpaired) electrons. The zero-order chi connectivity index (χ0) is 25.8. The van der Waals surface area contributed by atoms with Gasteiger partial charge in [-0.15, -0.1) is 0 Å². The van der Waals surface area contributed by atoms with E-state index in [1.165, 1.54) is 0 Å². The lowest BCUT2D eigenvalue weighted by molar-refractivity contribution is -0.192. The molecule has 1 amide bonds. The summed E-state index contributed by atoms with van der Waals surface area (Å²) in [4.78, 5) is 46.1. The van der Waals surface area contributed by atoms with Crippen molar-refractivity contribution in [2.24, 2.45) is 11.8 Å². The molecule has 1 aromatic rings. The van der Waals surface area contributed by atoms with Gasteiger partial charge in [-0.2, -0.15) is 13.2 Å². The molecule has 2 aliphatic rings. The Balaban J connectivity index is 0.000000509. The van der Waals surface area contributed by atoms with E-state index in [0.717, 1.165) is 43.3 Å². The minimum absolute atomic E-state index is 0.0170. The highest BCUT2D eigenvalue weighted by Crippen LogP contribution is 2.41. The van der Waals surface area contributed by atoms with Gasteiger partial charge in [0.2, 0.25) is 5.91 Å². The van der Waals surface area contributed by atoms with Crippen LogP contribution in [0.5, 0.6) is 0 Å². The molecule has 0 spiro atoms. The molecule has 2 N–H and O–H groups in total. The zero-order valence-corrected chi connectivity index (χ0v) is 19.7. The Hall–Kier alpha value is -2.92. The largest absolute Gasteiger partial charge is 0.490 e. The maximum absolute atomic E-state index is 12.7. The van der Waals surface area contributed by atoms with Crippen LogP contribution in [0.25, 0.3) is 0 Å². The molecule has 1 saturated carbocycles. The fraction of sp³-hybridized carbons (Fsp3) is 0.682. The number of aryl methyl sites for hydroxylation is 1. The lowest BCUT2D eigenvalue weighted by Gasteiger charge is -2.39. The van der Waals surface area contributed by atoms with Gasteiger partial charge in [-0.05, 0) is 33.1 Å². The summed E-state index contributed by atoms with van der Waals surface area (Å²) in [5, 5.41) is 16.2. The van der Waals surface area contributed by atoms with Crippen LogP contribution in [0, 0.1) is 18.8 Å². The molecule has 9 nitrogen and oxygen atoms in total. The van der Waals surface area contributed by atoms with E-state index < -0.39 is 24.0 Å². The quantitative estimate of drug-likeness (QED) is 0.626. The second-order valence-corrected chi connectivity index (χ2v) is 8.81. The van der Waals surface area contributed by atoms with Crippen LogP contribution in [0.15, 0.2) is 6.07 Å². The fourth-order valence-corrected chi connectivity index (χ4v) is 3.95. The zero-order valence-electron chi connectivity index (χ0n) is 19.7. The van der Waals surface area contributed by atoms with E-state index in [0.29, 0.717) is 13.0 Å². The maximum atomic E-state index is 12.7. The van der Waals surface area contributed by atoms with Gasteiger partial charge in [0.1, 0.15) is 11.6 Å². The number of nitrogens with zero attached hydrogens (tertiary/aromatic N) is 4. The van der Waals surface area contributed by atoms with Gasteiger partial charge in [-0.25, -0.2) is 14.8 Å². The van der Waals surface area contributed by atoms with Crippen LogP contribution in [-0.4, -0.2) is 74.8 Å². The Labute approximate surface area is 196 Å². The highest BCUT2D eigenvalue weighted by Gasteiger charge is 2.50. The van der Waals surface area contributed by atoms with Crippen molar-refractivity contribution in [3.8, 4) is 0 Å². The number of rotatable bonds is 6. The number of aliphatic carboxylic acids is 2. The van der Waals surface area contributed by atoms with E-state index in [-0.39, 0.29) is 23.8 Å². The Morgan fingerprint density at radius 2 is 1.71 bits per heavy atom. The van der Waals surface area contributed by atoms with Crippen molar-refractivity contribution in [3.05, 3.63) is 17.6 Å². The average Bonchev–Trinajstić information content (AvgIpc) is 3.55. The molecule has 1 aliphatic heterocycles. The summed E-state index contributed by atoms with van der Waals surface area (Å²) in [5.74, 6) is -2.27. The molecular weight excluding hydrogens is 457 g/mol. The van der Waals surface area contributed by atoms with Gasteiger partial charge in [-0.1, -0.05) is 13.8 Å². The van der Waals surface area contributed by atoms with Gasteiger partial charge < -0.3 is 20.0 Å². The number of amides is 1. The number of hydrogen-bond donors (Lipinski definition) is 2. The number of alkyl halides is 3. The second-order valence-electron chi connectivity index (χ2n) is 8.81. The van der Waals surface area contributed by atoms with E-state index in [2.05, 4.69) is 23.7 Å². The first-order valence-electron chi connectivity index (χ1n) is 11.2. The van der Waals surface area contributed by atoms with Gasteiger partial charge in [0.25, 0.3) is 0 Å². The first-order valence-corrected chi connectivity index (χ1v) is 11.2. The predicted octanol–water partition coefficient (Wildman–Crippen LogP) is 3.08. The molecule has 2 heterocycles. The Bertz CT molecular complexity index is 901. The molecule has 3 rings (SSSR count). The molecule has 0 bridgehead atoms. The first-order chi connectivity index (χ1) is 15.8. The predicted molar refractivity (Wildman–Crippen MR) is 116 cm³/mol. The van der Waals surface area contributed by atoms with Crippen LogP contribution in [0.3, 0.4) is 0 Å². The third-order valence-corrected chi connectivity index (χ3v) is 5.89. The lowest BCUT2D eigenvalue weighted by atomic mass is 10.0. The molecular formula is C22H31F3N4O5. The number of carbonyl (C=O) groups excluding carboxylic acids is 1. The first kappa shape index (κ1) is 27.3. The number of carboxylic acids is 2. The van der Waals surface area contributed by atoms with Crippen LogP contribution >= 0.6 is 0 Å². The average molecular weight is 489 g/mol. The molecule has 34 heavy (non-hydrogen) atoms. The summed E-state index contributed by atoms with van der Waals surface area (Å²) in [6.45, 7) is 10.5. The van der Waals surface area contributed by atoms with Crippen LogP contribution < -0.4 is 4.90 Å². The molecule has 1 aliphatic carbocycles. The van der Waals surface area contributed by atoms with Crippen LogP contribution in [0.2, 0.25) is 0 Å². The van der Waals surface area contributed by atoms with Crippen LogP contribution in [0.1, 0.15) is 57.5 Å². The normalized spacial score (nSPS) is 20.4. The summed E-state index contributed by atoms with van der Waals surface area (Å²) in [6, 6.07) is 2.21. The van der Waals surface area contributed by atoms with Crippen molar-refractivity contribution >= 4 is 23.7 Å². The van der Waals surface area contributed by atoms with Crippen molar-refractivity contribution < 1.29 is 37.8 Å². The SMILES string of the molecule is CCN(C(=O)[C@@H]1C[C@H]1C(=O)O)C1CCN(c2cc(C)nc(C(C)C)n2)CC1.O=C(O)C(F)(F)F. The number of aromatic nitrogens is 2. The third kappa shape index (κ3) is 7.04. The highest BCUT2D eigenvalue weighted by atomic mass is 19.4. The summed E-state index contributed by atoms with van der Waals surface area (Å²) < 4.78 is 31.7. The molecule has 2 fully saturated rings. The fourth-order valence-electron chi connectivity index (χ4n) is 3.95. The Morgan fingerprint density at radius 1 is 1.15 bits per heavy atom. The standard InChI is InChI=1S/C20H30N4O3.C2HF3O2/c1-5-24(19(25)15-11-16(15)20(26)27)14-6-8-23(9-7-14)17-10-13(4)21-18(22-17)12(2)3;3-2(4,5)1(6)7/h10,12,14-16H,5-9,11H2,1-4H3,(H,26,27);(H,6,7)/t15-,16-;/m1./s1. The van der Waals surface area contributed by atoms with Crippen molar-refractivity contribution in [1.29, 1.82) is 0 Å². The van der Waals surface area contributed by atoms with E-state index in [4.69, 9.17) is 20.0 Å². The highest BCUT2D eigenvalue weighted by molar-refractivity contribution is 5.89. The number of hydrogen-bond acceptors (Lipinski definition) is 6. The van der Waals surface area contributed by atoms with Crippen molar-refractivity contribution in [1.82, 2.24) is 14.9 Å². The van der Waals surface area contributed by atoms with Crippen molar-refractivity contribution in [2.75, 3.05) is 24.5 Å². The van der Waals surface area contributed by atoms with E-state index in [9.17, 15) is 22.8 Å². The van der Waals surface area contributed by atoms with Crippen molar-refractivity contribution in [2.45, 2.75) is 65.1 Å². The van der Waals surface area contributed by atoms with Gasteiger partial charge >= 0.3 is 18.1 Å². The monoisotopic (exact) mass is 488 g/mol. The Kier molecular flexibility index (Phi) is 8.84. The molecule has 1 aromatic heterocycles. The molecule has 12 heteroatoms. The number of anilines is 1. The van der Waals surface area contributed by atoms with E-state index in [1.54, 1.807) is 0 Å². The van der Waals surface area contributed by atoms with E-state index in [1.807, 2.05) is 24.8 Å². The molecule has 1 saturated heterocycles. The van der Waals surface area contributed by atoms with Gasteiger partial charge in [0.15, 0.2) is 0 Å². The Morgan fingerprint density at radius 3 is 2.12 bits per heavy atom. The van der Waals surface area contributed by atoms with Gasteiger partial charge in [0.05, 0.1) is 11.8 Å². The number of carboxylic acid groups (broad SMARTS) is 2. The summed E-state index contributed by atoms with van der Waals surface area (Å²) in [7, 11) is 0. The maximum Gasteiger partial charge on any atom is 0.490 e. The minimum Gasteiger partial charge on any atom is -0.481 e. The number of halogens is 3. The van der Waals surface area contributed by atoms with E-state index >= 15 is 0 Å². The summed E-state index contributed by atoms with van der Waals surface area (Å²) in [5.41, 5.74) is 0.977. The topological polar surface area (TPSA) is 124 Å². The lowest BCUT2D eigenvalue weighted by Crippen LogP contribution is -2.48. The summed E-state index contributed by atoms with van der Waals surface area (Å²) in [6.07, 6.45) is -2.84. The number of piperidine rings is 1. The minimum atomic E-state index is -5.08. The van der Waals surface area contributed by atoms with Gasteiger partial charge in [0, 0.05) is 43.4 Å². The summed E-state index contributed by atoms with van der Waals surface area (Å²) >= 11 is 0. The molecule has 190 valence electrons. The molecule has 0 unspecified atom stereocenters. The van der Waals surface area contributed by atoms with Gasteiger partial charge in [-0.3, -0.25) is 9.59 Å². The molecule has 0 aromatic carbocycles. The number of carbonyl (C=O) groups is 3.